The van der Waals surface area contributed by atoms with E-state index >= 15 is 0 Å². The van der Waals surface area contributed by atoms with Crippen LogP contribution in [0.3, 0.4) is 0 Å². The van der Waals surface area contributed by atoms with Crippen LogP contribution in [0.15, 0.2) is 29.3 Å². The minimum Gasteiger partial charge on any atom is -0.394 e. The molecule has 5 atom stereocenters. The van der Waals surface area contributed by atoms with Crippen LogP contribution in [-0.2, 0) is 14.8 Å². The van der Waals surface area contributed by atoms with E-state index in [1.807, 2.05) is 0 Å². The van der Waals surface area contributed by atoms with Crippen LogP contribution in [0.5, 0.6) is 0 Å². The zero-order valence-electron chi connectivity index (χ0n) is 14.8. The molecule has 1 saturated heterocycles. The fourth-order valence-corrected chi connectivity index (χ4v) is 4.03. The normalized spacial score (nSPS) is 29.4. The van der Waals surface area contributed by atoms with E-state index in [1.165, 1.54) is 20.3 Å². The third kappa shape index (κ3) is 3.55. The van der Waals surface area contributed by atoms with Crippen LogP contribution in [0.2, 0.25) is 0 Å². The topological polar surface area (TPSA) is 155 Å². The van der Waals surface area contributed by atoms with E-state index in [0.717, 1.165) is 4.31 Å². The van der Waals surface area contributed by atoms with Gasteiger partial charge in [-0.25, -0.2) is 12.7 Å². The number of anilines is 1. The number of sulfonamides is 1. The second kappa shape index (κ2) is 7.36. The van der Waals surface area contributed by atoms with Crippen LogP contribution in [0.4, 0.5) is 5.69 Å². The van der Waals surface area contributed by atoms with Gasteiger partial charge in [0.25, 0.3) is 0 Å². The molecule has 0 radical (unpaired) electrons. The van der Waals surface area contributed by atoms with Crippen molar-refractivity contribution in [2.75, 3.05) is 26.0 Å². The summed E-state index contributed by atoms with van der Waals surface area (Å²) in [4.78, 5) is 2.99. The molecule has 27 heavy (non-hydrogen) atoms. The molecule has 2 aromatic rings. The van der Waals surface area contributed by atoms with Gasteiger partial charge < -0.3 is 35.5 Å². The van der Waals surface area contributed by atoms with Crippen molar-refractivity contribution in [3.63, 3.8) is 0 Å². The monoisotopic (exact) mass is 401 g/mol. The molecule has 0 unspecified atom stereocenters. The average molecular weight is 401 g/mol. The molecule has 2 heterocycles. The van der Waals surface area contributed by atoms with Gasteiger partial charge in [0, 0.05) is 36.9 Å². The zero-order valence-corrected chi connectivity index (χ0v) is 15.6. The van der Waals surface area contributed by atoms with Crippen molar-refractivity contribution in [3.05, 3.63) is 24.4 Å². The zero-order chi connectivity index (χ0) is 19.9. The summed E-state index contributed by atoms with van der Waals surface area (Å²) in [5, 5.41) is 42.4. The number of ether oxygens (including phenoxy) is 1. The number of nitrogens with zero attached hydrogens (tertiary/aromatic N) is 1. The number of aliphatic hydroxyl groups excluding tert-OH is 4. The smallest absolute Gasteiger partial charge is 0.244 e. The van der Waals surface area contributed by atoms with E-state index in [1.54, 1.807) is 18.2 Å². The lowest BCUT2D eigenvalue weighted by Gasteiger charge is -2.40. The lowest BCUT2D eigenvalue weighted by Crippen LogP contribution is -2.60. The van der Waals surface area contributed by atoms with Gasteiger partial charge in [-0.05, 0) is 18.2 Å². The number of hydrogen-bond acceptors (Lipinski definition) is 8. The van der Waals surface area contributed by atoms with E-state index in [0.29, 0.717) is 16.6 Å². The van der Waals surface area contributed by atoms with Crippen LogP contribution >= 0.6 is 0 Å². The number of fused-ring (bicyclic) bond motifs is 1. The Morgan fingerprint density at radius 1 is 1.19 bits per heavy atom. The maximum atomic E-state index is 12.5. The highest BCUT2D eigenvalue weighted by molar-refractivity contribution is 7.89. The van der Waals surface area contributed by atoms with Crippen molar-refractivity contribution >= 4 is 26.6 Å². The maximum Gasteiger partial charge on any atom is 0.244 e. The molecule has 1 aliphatic heterocycles. The van der Waals surface area contributed by atoms with Gasteiger partial charge in [-0.15, -0.1) is 0 Å². The minimum absolute atomic E-state index is 0.0972. The fourth-order valence-electron chi connectivity index (χ4n) is 2.98. The average Bonchev–Trinajstić information content (AvgIpc) is 3.06. The van der Waals surface area contributed by atoms with E-state index in [-0.39, 0.29) is 4.90 Å². The first kappa shape index (κ1) is 20.0. The second-order valence-electron chi connectivity index (χ2n) is 6.59. The lowest BCUT2D eigenvalue weighted by molar-refractivity contribution is -0.221. The van der Waals surface area contributed by atoms with Crippen LogP contribution in [-0.4, -0.2) is 89.5 Å². The number of H-pyrrole nitrogens is 1. The lowest BCUT2D eigenvalue weighted by atomic mass is 9.98. The number of nitrogens with one attached hydrogen (secondary N) is 2. The third-order valence-electron chi connectivity index (χ3n) is 4.60. The molecule has 0 bridgehead atoms. The van der Waals surface area contributed by atoms with Crippen molar-refractivity contribution in [1.29, 1.82) is 0 Å². The summed E-state index contributed by atoms with van der Waals surface area (Å²) >= 11 is 0. The Morgan fingerprint density at radius 2 is 1.89 bits per heavy atom. The maximum absolute atomic E-state index is 12.5. The van der Waals surface area contributed by atoms with E-state index in [9.17, 15) is 28.8 Å². The van der Waals surface area contributed by atoms with Crippen LogP contribution < -0.4 is 5.32 Å². The number of rotatable bonds is 5. The Balaban J connectivity index is 1.92. The quantitative estimate of drug-likeness (QED) is 0.358. The Kier molecular flexibility index (Phi) is 5.45. The number of aliphatic hydroxyl groups is 4. The molecular formula is C16H23N3O7S. The Hall–Kier alpha value is -1.73. The molecule has 150 valence electrons. The summed E-state index contributed by atoms with van der Waals surface area (Å²) in [6, 6.07) is 4.88. The van der Waals surface area contributed by atoms with Crippen molar-refractivity contribution in [3.8, 4) is 0 Å². The van der Waals surface area contributed by atoms with Crippen molar-refractivity contribution in [2.24, 2.45) is 0 Å². The Morgan fingerprint density at radius 3 is 2.52 bits per heavy atom. The Labute approximate surface area is 156 Å². The molecule has 1 aliphatic rings. The van der Waals surface area contributed by atoms with E-state index in [4.69, 9.17) is 4.74 Å². The van der Waals surface area contributed by atoms with Gasteiger partial charge in [-0.3, -0.25) is 0 Å². The SMILES string of the molecule is CN(C)S(=O)(=O)c1c[nH]c2ccc(N[C@@H]3O[C@H](CO)[C@@H](O)[C@H](O)[C@H]3O)cc12. The first-order valence-corrected chi connectivity index (χ1v) is 9.71. The summed E-state index contributed by atoms with van der Waals surface area (Å²) in [7, 11) is -0.793. The highest BCUT2D eigenvalue weighted by Gasteiger charge is 2.43. The van der Waals surface area contributed by atoms with Gasteiger partial charge in [0.05, 0.1) is 6.61 Å². The van der Waals surface area contributed by atoms with Gasteiger partial charge in [0.2, 0.25) is 10.0 Å². The van der Waals surface area contributed by atoms with Crippen molar-refractivity contribution in [2.45, 2.75) is 35.5 Å². The summed E-state index contributed by atoms with van der Waals surface area (Å²) in [5.74, 6) is 0. The highest BCUT2D eigenvalue weighted by atomic mass is 32.2. The van der Waals surface area contributed by atoms with E-state index in [2.05, 4.69) is 10.3 Å². The fraction of sp³-hybridized carbons (Fsp3) is 0.500. The Bertz CT molecular complexity index is 912. The molecule has 1 aromatic heterocycles. The standard InChI is InChI=1S/C16H23N3O7S/c1-19(2)27(24,25)12-6-17-10-4-3-8(5-9(10)12)18-16-15(23)14(22)13(21)11(7-20)26-16/h3-6,11,13-18,20-23H,7H2,1-2H3/t11-,13-,14+,15-,16-/m1/s1. The van der Waals surface area contributed by atoms with Gasteiger partial charge in [0.15, 0.2) is 6.23 Å². The first-order chi connectivity index (χ1) is 12.7. The largest absolute Gasteiger partial charge is 0.394 e. The molecule has 11 heteroatoms. The molecular weight excluding hydrogens is 378 g/mol. The van der Waals surface area contributed by atoms with Crippen LogP contribution in [0, 0.1) is 0 Å². The molecule has 0 amide bonds. The number of aromatic nitrogens is 1. The molecule has 1 fully saturated rings. The second-order valence-corrected chi connectivity index (χ2v) is 8.71. The predicted molar refractivity (Wildman–Crippen MR) is 96.6 cm³/mol. The third-order valence-corrected chi connectivity index (χ3v) is 6.46. The summed E-state index contributed by atoms with van der Waals surface area (Å²) in [5.41, 5.74) is 1.04. The molecule has 1 aromatic carbocycles. The minimum atomic E-state index is -3.66. The van der Waals surface area contributed by atoms with Gasteiger partial charge >= 0.3 is 0 Å². The highest BCUT2D eigenvalue weighted by Crippen LogP contribution is 2.29. The molecule has 6 N–H and O–H groups in total. The molecule has 3 rings (SSSR count). The van der Waals surface area contributed by atoms with Crippen LogP contribution in [0.25, 0.3) is 10.9 Å². The first-order valence-electron chi connectivity index (χ1n) is 8.27. The summed E-state index contributed by atoms with van der Waals surface area (Å²) in [6.07, 6.45) is -5.15. The summed E-state index contributed by atoms with van der Waals surface area (Å²) < 4.78 is 31.4. The molecule has 0 spiro atoms. The van der Waals surface area contributed by atoms with Gasteiger partial charge in [-0.2, -0.15) is 0 Å². The molecule has 10 nitrogen and oxygen atoms in total. The van der Waals surface area contributed by atoms with Gasteiger partial charge in [0.1, 0.15) is 29.3 Å². The number of hydrogen-bond donors (Lipinski definition) is 6. The predicted octanol–water partition coefficient (Wildman–Crippen LogP) is -1.37. The number of aromatic amines is 1. The van der Waals surface area contributed by atoms with Crippen LogP contribution in [0.1, 0.15) is 0 Å². The number of benzene rings is 1. The molecule has 0 saturated carbocycles. The van der Waals surface area contributed by atoms with Crippen molar-refractivity contribution < 1.29 is 33.6 Å². The van der Waals surface area contributed by atoms with Gasteiger partial charge in [-0.1, -0.05) is 0 Å². The molecule has 0 aliphatic carbocycles. The summed E-state index contributed by atoms with van der Waals surface area (Å²) in [6.45, 7) is -0.537. The van der Waals surface area contributed by atoms with Crippen molar-refractivity contribution in [1.82, 2.24) is 9.29 Å². The van der Waals surface area contributed by atoms with E-state index < -0.39 is 47.3 Å².